The number of carboxylic acid groups (broad SMARTS) is 3. The number of rotatable bonds is 13. The smallest absolute Gasteiger partial charge is 0.340 e. The molecule has 1 saturated carbocycles. The number of benzene rings is 2. The predicted octanol–water partition coefficient (Wildman–Crippen LogP) is 3.99. The molecule has 1 aliphatic rings. The van der Waals surface area contributed by atoms with Gasteiger partial charge in [0.15, 0.2) is 5.11 Å². The summed E-state index contributed by atoms with van der Waals surface area (Å²) >= 11 is 5.71. The Bertz CT molecular complexity index is 1430. The molecule has 2 aromatic carbocycles. The molecule has 5 N–H and O–H groups in total. The Hall–Kier alpha value is -4.00. The molecule has 0 atom stereocenters. The summed E-state index contributed by atoms with van der Waals surface area (Å²) in [6, 6.07) is 17.6. The van der Waals surface area contributed by atoms with Crippen LogP contribution in [0.1, 0.15) is 49.7 Å². The highest BCUT2D eigenvalue weighted by Gasteiger charge is 2.49. The molecule has 11 nitrogen and oxygen atoms in total. The van der Waals surface area contributed by atoms with Crippen molar-refractivity contribution in [3.8, 4) is 0 Å². The molecule has 1 fully saturated rings. The van der Waals surface area contributed by atoms with Crippen LogP contribution in [0.3, 0.4) is 0 Å². The summed E-state index contributed by atoms with van der Waals surface area (Å²) in [5, 5.41) is 34.7. The molecule has 1 aliphatic carbocycles. The Labute approximate surface area is 255 Å². The molecule has 0 aliphatic heterocycles. The summed E-state index contributed by atoms with van der Waals surface area (Å²) in [6.45, 7) is 0.386. The van der Waals surface area contributed by atoms with Crippen molar-refractivity contribution >= 4 is 46.1 Å². The van der Waals surface area contributed by atoms with Crippen LogP contribution in [-0.2, 0) is 31.2 Å². The fourth-order valence-electron chi connectivity index (χ4n) is 6.05. The van der Waals surface area contributed by atoms with Crippen molar-refractivity contribution < 1.29 is 34.5 Å². The van der Waals surface area contributed by atoms with E-state index in [1.807, 2.05) is 62.8 Å². The van der Waals surface area contributed by atoms with E-state index in [-0.39, 0.29) is 10.7 Å². The number of hydrogen-bond acceptors (Lipinski definition) is 6. The minimum absolute atomic E-state index is 0.0725. The SMILES string of the molecule is CN(C)C1(c2ccccc2)CCC(N(OC(CC(=O)O)(CC(=O)O)C(=O)O)C(=S)NCCc2c[nH]c3ccccc23)CC1. The third kappa shape index (κ3) is 7.15. The van der Waals surface area contributed by atoms with Gasteiger partial charge >= 0.3 is 17.9 Å². The van der Waals surface area contributed by atoms with E-state index in [1.54, 1.807) is 0 Å². The van der Waals surface area contributed by atoms with Gasteiger partial charge in [-0.2, -0.15) is 0 Å². The summed E-state index contributed by atoms with van der Waals surface area (Å²) in [6.07, 6.45) is 2.84. The molecule has 1 heterocycles. The minimum atomic E-state index is -2.56. The van der Waals surface area contributed by atoms with Crippen molar-refractivity contribution in [1.29, 1.82) is 0 Å². The Morgan fingerprint density at radius 1 is 1.00 bits per heavy atom. The van der Waals surface area contributed by atoms with Gasteiger partial charge in [-0.25, -0.2) is 9.86 Å². The van der Waals surface area contributed by atoms with Gasteiger partial charge in [-0.1, -0.05) is 48.5 Å². The van der Waals surface area contributed by atoms with Crippen molar-refractivity contribution in [2.24, 2.45) is 0 Å². The Kier molecular flexibility index (Phi) is 10.0. The highest BCUT2D eigenvalue weighted by Crippen LogP contribution is 2.43. The van der Waals surface area contributed by atoms with Crippen molar-refractivity contribution in [3.05, 3.63) is 71.9 Å². The number of hydrogen-bond donors (Lipinski definition) is 5. The molecule has 12 heteroatoms. The molecule has 43 heavy (non-hydrogen) atoms. The lowest BCUT2D eigenvalue weighted by Crippen LogP contribution is -2.57. The fraction of sp³-hybridized carbons (Fsp3) is 0.419. The normalized spacial score (nSPS) is 18.8. The molecular weight excluding hydrogens is 572 g/mol. The number of H-pyrrole nitrogens is 1. The molecule has 4 rings (SSSR count). The van der Waals surface area contributed by atoms with Gasteiger partial charge in [-0.15, -0.1) is 0 Å². The molecule has 0 saturated heterocycles. The zero-order valence-corrected chi connectivity index (χ0v) is 25.1. The van der Waals surface area contributed by atoms with Crippen LogP contribution in [0.25, 0.3) is 10.9 Å². The molecule has 0 spiro atoms. The van der Waals surface area contributed by atoms with Gasteiger partial charge in [0, 0.05) is 29.2 Å². The number of nitrogens with zero attached hydrogens (tertiary/aromatic N) is 2. The lowest BCUT2D eigenvalue weighted by molar-refractivity contribution is -0.242. The zero-order chi connectivity index (χ0) is 31.2. The maximum absolute atomic E-state index is 12.5. The van der Waals surface area contributed by atoms with E-state index in [0.717, 1.165) is 22.0 Å². The number of nitrogens with one attached hydrogen (secondary N) is 2. The highest BCUT2D eigenvalue weighted by molar-refractivity contribution is 7.80. The van der Waals surface area contributed by atoms with E-state index in [2.05, 4.69) is 27.3 Å². The fourth-order valence-corrected chi connectivity index (χ4v) is 6.34. The van der Waals surface area contributed by atoms with Crippen LogP contribution >= 0.6 is 12.2 Å². The molecule has 0 unspecified atom stereocenters. The van der Waals surface area contributed by atoms with Crippen LogP contribution in [0, 0.1) is 0 Å². The second-order valence-corrected chi connectivity index (χ2v) is 11.6. The van der Waals surface area contributed by atoms with E-state index < -0.39 is 42.4 Å². The van der Waals surface area contributed by atoms with Gasteiger partial charge in [0.05, 0.1) is 18.9 Å². The Morgan fingerprint density at radius 2 is 1.60 bits per heavy atom. The van der Waals surface area contributed by atoms with Crippen LogP contribution in [0.5, 0.6) is 0 Å². The van der Waals surface area contributed by atoms with Crippen LogP contribution in [0.15, 0.2) is 60.8 Å². The van der Waals surface area contributed by atoms with E-state index in [0.29, 0.717) is 38.6 Å². The molecule has 1 aromatic heterocycles. The molecule has 230 valence electrons. The van der Waals surface area contributed by atoms with Crippen LogP contribution < -0.4 is 5.32 Å². The standard InChI is InChI=1S/C31H38N4O7S/c1-34(2)30(22-8-4-3-5-9-22)15-12-23(13-16-30)35(42-31(28(40)41,18-26(36)37)19-27(38)39)29(43)32-17-14-21-20-33-25-11-7-6-10-24(21)25/h3-11,20,23,33H,12-19H2,1-2H3,(H,32,43)(H,36,37)(H,38,39)(H,40,41). The zero-order valence-electron chi connectivity index (χ0n) is 24.3. The van der Waals surface area contributed by atoms with Gasteiger partial charge in [0.2, 0.25) is 5.60 Å². The summed E-state index contributed by atoms with van der Waals surface area (Å²) in [7, 11) is 4.04. The van der Waals surface area contributed by atoms with Crippen LogP contribution in [0.4, 0.5) is 0 Å². The number of fused-ring (bicyclic) bond motifs is 1. The summed E-state index contributed by atoms with van der Waals surface area (Å²) in [5.74, 6) is -4.69. The van der Waals surface area contributed by atoms with Gasteiger partial charge in [-0.3, -0.25) is 19.3 Å². The first-order valence-corrected chi connectivity index (χ1v) is 14.6. The molecule has 3 aromatic rings. The van der Waals surface area contributed by atoms with Gasteiger partial charge < -0.3 is 25.6 Å². The van der Waals surface area contributed by atoms with E-state index in [4.69, 9.17) is 17.1 Å². The first kappa shape index (κ1) is 31.9. The summed E-state index contributed by atoms with van der Waals surface area (Å²) in [5.41, 5.74) is 0.382. The average molecular weight is 611 g/mol. The van der Waals surface area contributed by atoms with Gasteiger partial charge in [-0.05, 0) is 75.6 Å². The average Bonchev–Trinajstić information content (AvgIpc) is 3.38. The maximum atomic E-state index is 12.5. The first-order chi connectivity index (χ1) is 20.5. The number of aliphatic carboxylic acids is 3. The van der Waals surface area contributed by atoms with Gasteiger partial charge in [0.1, 0.15) is 0 Å². The predicted molar refractivity (Wildman–Crippen MR) is 164 cm³/mol. The molecule has 0 bridgehead atoms. The third-order valence-electron chi connectivity index (χ3n) is 8.36. The van der Waals surface area contributed by atoms with E-state index in [1.165, 1.54) is 5.06 Å². The van der Waals surface area contributed by atoms with Crippen LogP contribution in [0.2, 0.25) is 0 Å². The number of thiocarbonyl (C=S) groups is 1. The Morgan fingerprint density at radius 3 is 2.19 bits per heavy atom. The number of carboxylic acids is 3. The van der Waals surface area contributed by atoms with Crippen molar-refractivity contribution in [2.75, 3.05) is 20.6 Å². The van der Waals surface area contributed by atoms with Crippen molar-refractivity contribution in [1.82, 2.24) is 20.3 Å². The first-order valence-electron chi connectivity index (χ1n) is 14.2. The summed E-state index contributed by atoms with van der Waals surface area (Å²) in [4.78, 5) is 47.3. The lowest BCUT2D eigenvalue weighted by Gasteiger charge is -2.48. The molecule has 0 amide bonds. The van der Waals surface area contributed by atoms with E-state index >= 15 is 0 Å². The summed E-state index contributed by atoms with van der Waals surface area (Å²) < 4.78 is 0. The largest absolute Gasteiger partial charge is 0.481 e. The Balaban J connectivity index is 1.59. The lowest BCUT2D eigenvalue weighted by atomic mass is 9.74. The quantitative estimate of drug-likeness (QED) is 0.141. The molecular formula is C31H38N4O7S. The second-order valence-electron chi connectivity index (χ2n) is 11.2. The third-order valence-corrected chi connectivity index (χ3v) is 8.69. The monoisotopic (exact) mass is 610 g/mol. The van der Waals surface area contributed by atoms with Crippen molar-refractivity contribution in [2.45, 2.75) is 62.1 Å². The minimum Gasteiger partial charge on any atom is -0.481 e. The van der Waals surface area contributed by atoms with Gasteiger partial charge in [0.25, 0.3) is 0 Å². The number of aromatic nitrogens is 1. The number of hydroxylamine groups is 2. The maximum Gasteiger partial charge on any atom is 0.340 e. The van der Waals surface area contributed by atoms with Crippen LogP contribution in [-0.4, -0.2) is 85.6 Å². The van der Waals surface area contributed by atoms with Crippen molar-refractivity contribution in [3.63, 3.8) is 0 Å². The topological polar surface area (TPSA) is 155 Å². The molecule has 0 radical (unpaired) electrons. The second kappa shape index (κ2) is 13.5. The number of carbonyl (C=O) groups is 3. The number of para-hydroxylation sites is 1. The highest BCUT2D eigenvalue weighted by atomic mass is 32.1. The van der Waals surface area contributed by atoms with E-state index in [9.17, 15) is 29.7 Å². The number of aromatic amines is 1.